The minimum atomic E-state index is -0.269. The van der Waals surface area contributed by atoms with Crippen LogP contribution < -0.4 is 0 Å². The van der Waals surface area contributed by atoms with Crippen molar-refractivity contribution in [1.29, 1.82) is 0 Å². The zero-order valence-corrected chi connectivity index (χ0v) is 11.3. The Balaban J connectivity index is 1.88. The van der Waals surface area contributed by atoms with Crippen LogP contribution >= 0.6 is 0 Å². The summed E-state index contributed by atoms with van der Waals surface area (Å²) in [6, 6.07) is 0. The summed E-state index contributed by atoms with van der Waals surface area (Å²) in [4.78, 5) is 11.3. The molecule has 4 rings (SSSR count). The third-order valence-corrected chi connectivity index (χ3v) is 5.71. The van der Waals surface area contributed by atoms with E-state index in [-0.39, 0.29) is 17.0 Å². The summed E-state index contributed by atoms with van der Waals surface area (Å²) in [5.74, 6) is 2.62. The molecule has 0 atom stereocenters. The Morgan fingerprint density at radius 1 is 1.06 bits per heavy atom. The molecule has 2 nitrogen and oxygen atoms in total. The zero-order chi connectivity index (χ0) is 12.3. The van der Waals surface area contributed by atoms with Crippen LogP contribution in [0.25, 0.3) is 0 Å². The van der Waals surface area contributed by atoms with Gasteiger partial charge in [0.1, 0.15) is 5.60 Å². The summed E-state index contributed by atoms with van der Waals surface area (Å²) in [5, 5.41) is 0. The molecular formula is C15H24O2. The Kier molecular flexibility index (Phi) is 2.37. The Labute approximate surface area is 104 Å². The van der Waals surface area contributed by atoms with Gasteiger partial charge in [0.05, 0.1) is 0 Å². The quantitative estimate of drug-likeness (QED) is 0.685. The van der Waals surface area contributed by atoms with Gasteiger partial charge in [-0.15, -0.1) is 0 Å². The molecule has 4 saturated carbocycles. The van der Waals surface area contributed by atoms with E-state index in [1.807, 2.05) is 0 Å². The van der Waals surface area contributed by atoms with Crippen LogP contribution in [-0.2, 0) is 9.53 Å². The maximum Gasteiger partial charge on any atom is 0.303 e. The van der Waals surface area contributed by atoms with Gasteiger partial charge in [0, 0.05) is 12.3 Å². The Bertz CT molecular complexity index is 308. The maximum atomic E-state index is 11.3. The van der Waals surface area contributed by atoms with Crippen molar-refractivity contribution in [1.82, 2.24) is 0 Å². The molecule has 0 aromatic carbocycles. The molecule has 0 spiro atoms. The first-order valence-electron chi connectivity index (χ1n) is 7.10. The lowest BCUT2D eigenvalue weighted by Gasteiger charge is -2.61. The average Bonchev–Trinajstić information content (AvgIpc) is 2.12. The molecule has 0 aromatic heterocycles. The van der Waals surface area contributed by atoms with Crippen molar-refractivity contribution in [3.63, 3.8) is 0 Å². The SMILES string of the molecule is CC(=O)OC(C)(C)C12CC3CC(CC(C3)C1)C2. The summed E-state index contributed by atoms with van der Waals surface area (Å²) < 4.78 is 5.68. The molecule has 4 aliphatic carbocycles. The van der Waals surface area contributed by atoms with E-state index in [0.29, 0.717) is 0 Å². The second-order valence-electron chi connectivity index (χ2n) is 7.30. The lowest BCUT2D eigenvalue weighted by Crippen LogP contribution is -2.57. The predicted molar refractivity (Wildman–Crippen MR) is 66.5 cm³/mol. The Hall–Kier alpha value is -0.530. The minimum Gasteiger partial charge on any atom is -0.459 e. The van der Waals surface area contributed by atoms with Gasteiger partial charge in [0.2, 0.25) is 0 Å². The number of rotatable bonds is 2. The highest BCUT2D eigenvalue weighted by molar-refractivity contribution is 5.66. The lowest BCUT2D eigenvalue weighted by molar-refractivity contribution is -0.196. The summed E-state index contributed by atoms with van der Waals surface area (Å²) in [6.07, 6.45) is 8.19. The monoisotopic (exact) mass is 236 g/mol. The van der Waals surface area contributed by atoms with E-state index in [0.717, 1.165) is 17.8 Å². The maximum absolute atomic E-state index is 11.3. The fraction of sp³-hybridized carbons (Fsp3) is 0.933. The zero-order valence-electron chi connectivity index (χ0n) is 11.3. The van der Waals surface area contributed by atoms with Crippen molar-refractivity contribution in [3.05, 3.63) is 0 Å². The van der Waals surface area contributed by atoms with Gasteiger partial charge in [-0.25, -0.2) is 0 Å². The number of carbonyl (C=O) groups excluding carboxylic acids is 1. The third kappa shape index (κ3) is 1.71. The smallest absolute Gasteiger partial charge is 0.303 e. The van der Waals surface area contributed by atoms with E-state index in [2.05, 4.69) is 13.8 Å². The molecule has 0 saturated heterocycles. The summed E-state index contributed by atoms with van der Waals surface area (Å²) in [6.45, 7) is 5.82. The molecule has 4 bridgehead atoms. The molecule has 96 valence electrons. The van der Waals surface area contributed by atoms with Crippen molar-refractivity contribution >= 4 is 5.97 Å². The van der Waals surface area contributed by atoms with Gasteiger partial charge in [-0.1, -0.05) is 0 Å². The normalized spacial score (nSPS) is 43.8. The number of carbonyl (C=O) groups is 1. The molecule has 4 fully saturated rings. The van der Waals surface area contributed by atoms with Crippen LogP contribution in [0.3, 0.4) is 0 Å². The van der Waals surface area contributed by atoms with Gasteiger partial charge >= 0.3 is 5.97 Å². The highest BCUT2D eigenvalue weighted by Gasteiger charge is 2.58. The highest BCUT2D eigenvalue weighted by Crippen LogP contribution is 2.64. The van der Waals surface area contributed by atoms with Gasteiger partial charge in [0.25, 0.3) is 0 Å². The fourth-order valence-corrected chi connectivity index (χ4v) is 5.32. The number of esters is 1. The first kappa shape index (κ1) is 11.6. The molecule has 0 N–H and O–H groups in total. The third-order valence-electron chi connectivity index (χ3n) is 5.71. The van der Waals surface area contributed by atoms with Gasteiger partial charge in [-0.05, 0) is 70.1 Å². The van der Waals surface area contributed by atoms with Crippen LogP contribution in [0.2, 0.25) is 0 Å². The molecule has 0 amide bonds. The van der Waals surface area contributed by atoms with E-state index in [1.54, 1.807) is 6.92 Å². The van der Waals surface area contributed by atoms with Crippen molar-refractivity contribution in [3.8, 4) is 0 Å². The van der Waals surface area contributed by atoms with E-state index in [9.17, 15) is 4.79 Å². The molecule has 0 aromatic rings. The van der Waals surface area contributed by atoms with Gasteiger partial charge in [-0.2, -0.15) is 0 Å². The van der Waals surface area contributed by atoms with Crippen molar-refractivity contribution in [2.24, 2.45) is 23.2 Å². The minimum absolute atomic E-state index is 0.120. The molecule has 17 heavy (non-hydrogen) atoms. The van der Waals surface area contributed by atoms with Crippen LogP contribution in [0.4, 0.5) is 0 Å². The van der Waals surface area contributed by atoms with Crippen molar-refractivity contribution in [2.45, 2.75) is 64.9 Å². The van der Waals surface area contributed by atoms with Crippen LogP contribution in [0.5, 0.6) is 0 Å². The predicted octanol–water partition coefficient (Wildman–Crippen LogP) is 3.54. The van der Waals surface area contributed by atoms with Crippen molar-refractivity contribution < 1.29 is 9.53 Å². The number of hydrogen-bond acceptors (Lipinski definition) is 2. The summed E-state index contributed by atoms with van der Waals surface area (Å²) >= 11 is 0. The second-order valence-corrected chi connectivity index (χ2v) is 7.30. The molecule has 0 heterocycles. The van der Waals surface area contributed by atoms with Gasteiger partial charge in [-0.3, -0.25) is 4.79 Å². The van der Waals surface area contributed by atoms with E-state index < -0.39 is 0 Å². The van der Waals surface area contributed by atoms with E-state index in [4.69, 9.17) is 4.74 Å². The Morgan fingerprint density at radius 3 is 1.82 bits per heavy atom. The van der Waals surface area contributed by atoms with Crippen LogP contribution in [0, 0.1) is 23.2 Å². The number of hydrogen-bond donors (Lipinski definition) is 0. The first-order chi connectivity index (χ1) is 7.90. The molecule has 0 aliphatic heterocycles. The van der Waals surface area contributed by atoms with Crippen LogP contribution in [0.15, 0.2) is 0 Å². The molecule has 2 heteroatoms. The van der Waals surface area contributed by atoms with E-state index in [1.165, 1.54) is 38.5 Å². The molecule has 0 radical (unpaired) electrons. The largest absolute Gasteiger partial charge is 0.459 e. The molecule has 4 aliphatic rings. The summed E-state index contributed by atoms with van der Waals surface area (Å²) in [5.41, 5.74) is 0.0161. The van der Waals surface area contributed by atoms with Crippen molar-refractivity contribution in [2.75, 3.05) is 0 Å². The molecular weight excluding hydrogens is 212 g/mol. The standard InChI is InChI=1S/C15H24O2/c1-10(16)17-14(2,3)15-7-11-4-12(8-15)6-13(5-11)9-15/h11-13H,4-9H2,1-3H3. The fourth-order valence-electron chi connectivity index (χ4n) is 5.32. The average molecular weight is 236 g/mol. The highest BCUT2D eigenvalue weighted by atomic mass is 16.6. The first-order valence-corrected chi connectivity index (χ1v) is 7.10. The van der Waals surface area contributed by atoms with Gasteiger partial charge < -0.3 is 4.74 Å². The molecule has 0 unspecified atom stereocenters. The second kappa shape index (κ2) is 3.49. The van der Waals surface area contributed by atoms with Gasteiger partial charge in [0.15, 0.2) is 0 Å². The van der Waals surface area contributed by atoms with Crippen LogP contribution in [-0.4, -0.2) is 11.6 Å². The Morgan fingerprint density at radius 2 is 1.47 bits per heavy atom. The van der Waals surface area contributed by atoms with Crippen LogP contribution in [0.1, 0.15) is 59.3 Å². The topological polar surface area (TPSA) is 26.3 Å². The lowest BCUT2D eigenvalue weighted by atomic mass is 9.46. The summed E-state index contributed by atoms with van der Waals surface area (Å²) in [7, 11) is 0. The van der Waals surface area contributed by atoms with E-state index >= 15 is 0 Å². The number of ether oxygens (including phenoxy) is 1.